The van der Waals surface area contributed by atoms with Gasteiger partial charge in [-0.25, -0.2) is 18.1 Å². The molecule has 0 aliphatic carbocycles. The number of rotatable bonds is 6. The number of para-hydroxylation sites is 2. The van der Waals surface area contributed by atoms with Crippen molar-refractivity contribution in [1.82, 2.24) is 19.6 Å². The number of carbonyl (C=O) groups is 1. The number of nitrogens with zero attached hydrogens (tertiary/aromatic N) is 2. The molecule has 0 saturated heterocycles. The van der Waals surface area contributed by atoms with E-state index in [0.717, 1.165) is 22.2 Å². The van der Waals surface area contributed by atoms with Crippen LogP contribution in [0.5, 0.6) is 0 Å². The second-order valence-corrected chi connectivity index (χ2v) is 9.81. The predicted octanol–water partition coefficient (Wildman–Crippen LogP) is 3.62. The highest BCUT2D eigenvalue weighted by atomic mass is 32.2. The van der Waals surface area contributed by atoms with Crippen LogP contribution in [0.3, 0.4) is 0 Å². The minimum Gasteiger partial charge on any atom is -0.338 e. The first-order valence-corrected chi connectivity index (χ1v) is 12.0. The summed E-state index contributed by atoms with van der Waals surface area (Å²) in [4.78, 5) is 18.3. The second-order valence-electron chi connectivity index (χ2n) is 7.96. The first-order valence-electron chi connectivity index (χ1n) is 10.5. The Hall–Kier alpha value is -3.49. The van der Waals surface area contributed by atoms with Crippen molar-refractivity contribution in [3.05, 3.63) is 94.8 Å². The lowest BCUT2D eigenvalue weighted by atomic mass is 10.0. The Kier molecular flexibility index (Phi) is 6.05. The summed E-state index contributed by atoms with van der Waals surface area (Å²) in [5, 5.41) is 3.07. The van der Waals surface area contributed by atoms with Gasteiger partial charge in [-0.1, -0.05) is 42.5 Å². The summed E-state index contributed by atoms with van der Waals surface area (Å²) >= 11 is 0. The van der Waals surface area contributed by atoms with E-state index in [1.807, 2.05) is 66.2 Å². The molecule has 4 rings (SSSR count). The van der Waals surface area contributed by atoms with Gasteiger partial charge in [-0.05, 0) is 61.9 Å². The molecule has 4 aromatic rings. The molecule has 3 aromatic carbocycles. The topological polar surface area (TPSA) is 93.1 Å². The number of amides is 1. The fraction of sp³-hybridized carbons (Fsp3) is 0.200. The molecule has 0 aliphatic rings. The summed E-state index contributed by atoms with van der Waals surface area (Å²) < 4.78 is 29.3. The zero-order chi connectivity index (χ0) is 23.8. The van der Waals surface area contributed by atoms with Gasteiger partial charge in [0.05, 0.1) is 15.9 Å². The lowest BCUT2D eigenvalue weighted by Crippen LogP contribution is -2.31. The molecule has 0 aliphatic heterocycles. The number of hydrogen-bond donors (Lipinski definition) is 2. The van der Waals surface area contributed by atoms with Crippen molar-refractivity contribution < 1.29 is 13.2 Å². The molecule has 1 amide bonds. The van der Waals surface area contributed by atoms with E-state index in [4.69, 9.17) is 4.98 Å². The molecule has 8 heteroatoms. The fourth-order valence-electron chi connectivity index (χ4n) is 3.93. The van der Waals surface area contributed by atoms with Crippen LogP contribution in [0, 0.1) is 13.8 Å². The number of benzene rings is 3. The Labute approximate surface area is 193 Å². The van der Waals surface area contributed by atoms with Gasteiger partial charge < -0.3 is 9.88 Å². The Balaban J connectivity index is 1.79. The molecule has 0 bridgehead atoms. The third kappa shape index (κ3) is 4.27. The van der Waals surface area contributed by atoms with Crippen molar-refractivity contribution in [2.45, 2.75) is 24.8 Å². The molecule has 0 fully saturated rings. The fourth-order valence-corrected chi connectivity index (χ4v) is 4.99. The minimum absolute atomic E-state index is 0.0918. The van der Waals surface area contributed by atoms with Crippen LogP contribution in [0.4, 0.5) is 0 Å². The van der Waals surface area contributed by atoms with Gasteiger partial charge in [0.25, 0.3) is 5.91 Å². The molecule has 170 valence electrons. The molecule has 7 nitrogen and oxygen atoms in total. The SMILES string of the molecule is CNS(=O)(=O)c1cc(C(=O)NC(c2ccccc2)c2nc3ccccc3n2C)cc(C)c1C. The number of sulfonamides is 1. The van der Waals surface area contributed by atoms with Crippen molar-refractivity contribution in [2.75, 3.05) is 7.05 Å². The Morgan fingerprint density at radius 3 is 2.33 bits per heavy atom. The molecule has 0 radical (unpaired) electrons. The first kappa shape index (κ1) is 22.7. The Morgan fingerprint density at radius 2 is 1.67 bits per heavy atom. The van der Waals surface area contributed by atoms with Crippen molar-refractivity contribution in [2.24, 2.45) is 7.05 Å². The summed E-state index contributed by atoms with van der Waals surface area (Å²) in [5.74, 6) is 0.300. The van der Waals surface area contributed by atoms with E-state index >= 15 is 0 Å². The molecule has 1 atom stereocenters. The quantitative estimate of drug-likeness (QED) is 0.458. The average molecular weight is 463 g/mol. The van der Waals surface area contributed by atoms with E-state index in [0.29, 0.717) is 11.4 Å². The number of carbonyl (C=O) groups excluding carboxylic acids is 1. The number of fused-ring (bicyclic) bond motifs is 1. The van der Waals surface area contributed by atoms with Crippen LogP contribution in [-0.4, -0.2) is 30.9 Å². The van der Waals surface area contributed by atoms with Crippen LogP contribution in [-0.2, 0) is 17.1 Å². The maximum absolute atomic E-state index is 13.4. The van der Waals surface area contributed by atoms with Crippen LogP contribution >= 0.6 is 0 Å². The highest BCUT2D eigenvalue weighted by Gasteiger charge is 2.25. The number of nitrogens with one attached hydrogen (secondary N) is 2. The summed E-state index contributed by atoms with van der Waals surface area (Å²) in [7, 11) is -0.438. The maximum atomic E-state index is 13.4. The molecule has 1 heterocycles. The molecule has 33 heavy (non-hydrogen) atoms. The van der Waals surface area contributed by atoms with Crippen LogP contribution in [0.25, 0.3) is 11.0 Å². The van der Waals surface area contributed by atoms with Crippen LogP contribution in [0.2, 0.25) is 0 Å². The van der Waals surface area contributed by atoms with Crippen LogP contribution in [0.15, 0.2) is 71.6 Å². The largest absolute Gasteiger partial charge is 0.338 e. The lowest BCUT2D eigenvalue weighted by Gasteiger charge is -2.20. The van der Waals surface area contributed by atoms with E-state index < -0.39 is 16.1 Å². The Morgan fingerprint density at radius 1 is 1.00 bits per heavy atom. The molecule has 0 spiro atoms. The van der Waals surface area contributed by atoms with Gasteiger partial charge in [0.15, 0.2) is 0 Å². The van der Waals surface area contributed by atoms with Gasteiger partial charge in [0.1, 0.15) is 11.9 Å². The molecule has 1 aromatic heterocycles. The number of hydrogen-bond acceptors (Lipinski definition) is 4. The van der Waals surface area contributed by atoms with Crippen molar-refractivity contribution >= 4 is 27.0 Å². The monoisotopic (exact) mass is 462 g/mol. The van der Waals surface area contributed by atoms with Crippen molar-refractivity contribution in [3.8, 4) is 0 Å². The van der Waals surface area contributed by atoms with E-state index in [1.165, 1.54) is 13.1 Å². The normalized spacial score (nSPS) is 12.6. The summed E-state index contributed by atoms with van der Waals surface area (Å²) in [6, 6.07) is 20.0. The zero-order valence-electron chi connectivity index (χ0n) is 19.0. The Bertz CT molecular complexity index is 1440. The summed E-state index contributed by atoms with van der Waals surface area (Å²) in [5.41, 5.74) is 4.25. The first-order chi connectivity index (χ1) is 15.7. The van der Waals surface area contributed by atoms with Gasteiger partial charge in [-0.15, -0.1) is 0 Å². The van der Waals surface area contributed by atoms with Gasteiger partial charge in [0, 0.05) is 12.6 Å². The maximum Gasteiger partial charge on any atom is 0.252 e. The third-order valence-corrected chi connectivity index (χ3v) is 7.47. The molecule has 1 unspecified atom stereocenters. The van der Waals surface area contributed by atoms with E-state index in [2.05, 4.69) is 10.0 Å². The highest BCUT2D eigenvalue weighted by molar-refractivity contribution is 7.89. The summed E-state index contributed by atoms with van der Waals surface area (Å²) in [6.45, 7) is 3.52. The number of imidazole rings is 1. The molecule has 0 saturated carbocycles. The number of aromatic nitrogens is 2. The molecular formula is C25H26N4O3S. The van der Waals surface area contributed by atoms with Gasteiger partial charge in [-0.3, -0.25) is 4.79 Å². The third-order valence-electron chi connectivity index (χ3n) is 5.93. The smallest absolute Gasteiger partial charge is 0.252 e. The van der Waals surface area contributed by atoms with Gasteiger partial charge in [0.2, 0.25) is 10.0 Å². The van der Waals surface area contributed by atoms with E-state index in [1.54, 1.807) is 19.9 Å². The van der Waals surface area contributed by atoms with Crippen LogP contribution < -0.4 is 10.0 Å². The second kappa shape index (κ2) is 8.80. The molecule has 2 N–H and O–H groups in total. The van der Waals surface area contributed by atoms with Gasteiger partial charge in [-0.2, -0.15) is 0 Å². The minimum atomic E-state index is -3.71. The average Bonchev–Trinajstić information content (AvgIpc) is 3.15. The van der Waals surface area contributed by atoms with Crippen molar-refractivity contribution in [3.63, 3.8) is 0 Å². The predicted molar refractivity (Wildman–Crippen MR) is 129 cm³/mol. The zero-order valence-corrected chi connectivity index (χ0v) is 19.8. The van der Waals surface area contributed by atoms with Crippen molar-refractivity contribution in [1.29, 1.82) is 0 Å². The molecular weight excluding hydrogens is 436 g/mol. The van der Waals surface area contributed by atoms with E-state index in [9.17, 15) is 13.2 Å². The van der Waals surface area contributed by atoms with E-state index in [-0.39, 0.29) is 16.4 Å². The van der Waals surface area contributed by atoms with Crippen LogP contribution in [0.1, 0.15) is 38.9 Å². The highest BCUT2D eigenvalue weighted by Crippen LogP contribution is 2.26. The van der Waals surface area contributed by atoms with Gasteiger partial charge >= 0.3 is 0 Å². The summed E-state index contributed by atoms with van der Waals surface area (Å²) in [6.07, 6.45) is 0. The standard InChI is InChI=1S/C25H26N4O3S/c1-16-14-19(15-22(17(16)2)33(31,32)26-3)25(30)28-23(18-10-6-5-7-11-18)24-27-20-12-8-9-13-21(20)29(24)4/h5-15,23,26H,1-4H3,(H,28,30). The lowest BCUT2D eigenvalue weighted by molar-refractivity contribution is 0.0941. The number of aryl methyl sites for hydroxylation is 2.